The SMILES string of the molecule is Cc1cccc(NC(=O)N2CCC[C@]3(C(=O)N(C)C)CN(Cc4cnn(C)c4)C[C@@H]3C2)c1. The Bertz CT molecular complexity index is 986. The van der Waals surface area contributed by atoms with Gasteiger partial charge in [-0.15, -0.1) is 0 Å². The molecule has 0 radical (unpaired) electrons. The summed E-state index contributed by atoms with van der Waals surface area (Å²) in [6.07, 6.45) is 5.52. The van der Waals surface area contributed by atoms with Gasteiger partial charge in [0.15, 0.2) is 0 Å². The van der Waals surface area contributed by atoms with E-state index in [1.165, 1.54) is 0 Å². The highest BCUT2D eigenvalue weighted by atomic mass is 16.2. The van der Waals surface area contributed by atoms with Gasteiger partial charge in [0.1, 0.15) is 0 Å². The highest BCUT2D eigenvalue weighted by molar-refractivity contribution is 5.90. The van der Waals surface area contributed by atoms with E-state index in [4.69, 9.17) is 0 Å². The van der Waals surface area contributed by atoms with Crippen LogP contribution in [0.5, 0.6) is 0 Å². The molecule has 2 aromatic rings. The number of aromatic nitrogens is 2. The maximum atomic E-state index is 13.4. The summed E-state index contributed by atoms with van der Waals surface area (Å²) in [5.41, 5.74) is 2.60. The summed E-state index contributed by atoms with van der Waals surface area (Å²) >= 11 is 0. The maximum Gasteiger partial charge on any atom is 0.321 e. The third-order valence-electron chi connectivity index (χ3n) is 6.81. The molecule has 2 saturated heterocycles. The zero-order valence-electron chi connectivity index (χ0n) is 19.5. The molecular formula is C24H34N6O2. The quantitative estimate of drug-likeness (QED) is 0.796. The van der Waals surface area contributed by atoms with Gasteiger partial charge in [-0.3, -0.25) is 14.4 Å². The average molecular weight is 439 g/mol. The molecule has 0 bridgehead atoms. The molecule has 172 valence electrons. The van der Waals surface area contributed by atoms with Crippen LogP contribution in [0.15, 0.2) is 36.7 Å². The number of hydrogen-bond donors (Lipinski definition) is 1. The van der Waals surface area contributed by atoms with Crippen molar-refractivity contribution in [2.75, 3.05) is 45.6 Å². The Hall–Kier alpha value is -2.87. The first-order valence-electron chi connectivity index (χ1n) is 11.3. The number of benzene rings is 1. The molecule has 3 amide bonds. The van der Waals surface area contributed by atoms with Crippen molar-refractivity contribution in [2.45, 2.75) is 26.3 Å². The molecule has 2 fully saturated rings. The minimum atomic E-state index is -0.454. The van der Waals surface area contributed by atoms with Crippen molar-refractivity contribution in [3.63, 3.8) is 0 Å². The molecule has 2 atom stereocenters. The van der Waals surface area contributed by atoms with E-state index in [9.17, 15) is 9.59 Å². The van der Waals surface area contributed by atoms with E-state index in [0.29, 0.717) is 13.1 Å². The molecule has 1 N–H and O–H groups in total. The fourth-order valence-electron chi connectivity index (χ4n) is 5.37. The van der Waals surface area contributed by atoms with Crippen LogP contribution in [0.2, 0.25) is 0 Å². The number of nitrogens with zero attached hydrogens (tertiary/aromatic N) is 5. The fourth-order valence-corrected chi connectivity index (χ4v) is 5.37. The lowest BCUT2D eigenvalue weighted by Gasteiger charge is -2.35. The van der Waals surface area contributed by atoms with E-state index in [-0.39, 0.29) is 17.9 Å². The Balaban J connectivity index is 1.53. The number of carbonyl (C=O) groups excluding carboxylic acids is 2. The molecule has 0 aliphatic carbocycles. The Labute approximate surface area is 190 Å². The Kier molecular flexibility index (Phi) is 6.24. The van der Waals surface area contributed by atoms with E-state index in [1.807, 2.05) is 74.3 Å². The summed E-state index contributed by atoms with van der Waals surface area (Å²) in [5.74, 6) is 0.275. The van der Waals surface area contributed by atoms with Crippen LogP contribution in [-0.4, -0.2) is 76.7 Å². The minimum absolute atomic E-state index is 0.0885. The molecule has 32 heavy (non-hydrogen) atoms. The normalized spacial score (nSPS) is 23.5. The highest BCUT2D eigenvalue weighted by Crippen LogP contribution is 2.44. The van der Waals surface area contributed by atoms with Gasteiger partial charge >= 0.3 is 6.03 Å². The number of amides is 3. The second-order valence-corrected chi connectivity index (χ2v) is 9.59. The largest absolute Gasteiger partial charge is 0.348 e. The van der Waals surface area contributed by atoms with Gasteiger partial charge in [0, 0.05) is 77.2 Å². The van der Waals surface area contributed by atoms with E-state index in [1.54, 1.807) is 4.90 Å². The van der Waals surface area contributed by atoms with Crippen molar-refractivity contribution >= 4 is 17.6 Å². The van der Waals surface area contributed by atoms with Crippen LogP contribution in [0.4, 0.5) is 10.5 Å². The van der Waals surface area contributed by atoms with Crippen molar-refractivity contribution in [1.82, 2.24) is 24.5 Å². The number of anilines is 1. The molecule has 8 heteroatoms. The summed E-state index contributed by atoms with van der Waals surface area (Å²) in [6.45, 7) is 5.54. The summed E-state index contributed by atoms with van der Waals surface area (Å²) in [5, 5.41) is 7.33. The molecule has 2 aliphatic heterocycles. The molecule has 1 aromatic carbocycles. The lowest BCUT2D eigenvalue weighted by Crippen LogP contribution is -2.48. The van der Waals surface area contributed by atoms with Gasteiger partial charge < -0.3 is 15.1 Å². The maximum absolute atomic E-state index is 13.4. The third kappa shape index (κ3) is 4.50. The minimum Gasteiger partial charge on any atom is -0.348 e. The first-order chi connectivity index (χ1) is 15.3. The summed E-state index contributed by atoms with van der Waals surface area (Å²) in [7, 11) is 5.59. The van der Waals surface area contributed by atoms with Crippen LogP contribution >= 0.6 is 0 Å². The Morgan fingerprint density at radius 1 is 1.28 bits per heavy atom. The van der Waals surface area contributed by atoms with Gasteiger partial charge in [-0.2, -0.15) is 5.10 Å². The fraction of sp³-hybridized carbons (Fsp3) is 0.542. The molecule has 0 spiro atoms. The van der Waals surface area contributed by atoms with Crippen molar-refractivity contribution < 1.29 is 9.59 Å². The van der Waals surface area contributed by atoms with E-state index < -0.39 is 5.41 Å². The molecule has 2 aliphatic rings. The molecule has 4 rings (SSSR count). The monoisotopic (exact) mass is 438 g/mol. The summed E-state index contributed by atoms with van der Waals surface area (Å²) < 4.78 is 1.81. The zero-order valence-corrected chi connectivity index (χ0v) is 19.5. The predicted molar refractivity (Wildman–Crippen MR) is 124 cm³/mol. The second-order valence-electron chi connectivity index (χ2n) is 9.59. The molecule has 3 heterocycles. The first-order valence-corrected chi connectivity index (χ1v) is 11.3. The van der Waals surface area contributed by atoms with Crippen molar-refractivity contribution in [3.8, 4) is 0 Å². The van der Waals surface area contributed by atoms with Crippen molar-refractivity contribution in [3.05, 3.63) is 47.8 Å². The Morgan fingerprint density at radius 3 is 2.78 bits per heavy atom. The standard InChI is InChI=1S/C24H34N6O2/c1-18-7-5-8-21(11-18)26-23(32)30-10-6-9-24(22(31)27(2)3)17-29(15-20(24)16-30)14-19-12-25-28(4)13-19/h5,7-8,11-13,20H,6,9-10,14-17H2,1-4H3,(H,26,32)/t20-,24+/m1/s1. The van der Waals surface area contributed by atoms with Crippen LogP contribution in [0, 0.1) is 18.3 Å². The lowest BCUT2D eigenvalue weighted by molar-refractivity contribution is -0.141. The first kappa shape index (κ1) is 22.3. The van der Waals surface area contributed by atoms with Gasteiger partial charge in [0.2, 0.25) is 5.91 Å². The summed E-state index contributed by atoms with van der Waals surface area (Å²) in [4.78, 5) is 32.5. The number of rotatable bonds is 4. The van der Waals surface area contributed by atoms with Gasteiger partial charge in [0.25, 0.3) is 0 Å². The van der Waals surface area contributed by atoms with Gasteiger partial charge in [-0.25, -0.2) is 4.79 Å². The number of nitrogens with one attached hydrogen (secondary N) is 1. The smallest absolute Gasteiger partial charge is 0.321 e. The van der Waals surface area contributed by atoms with Gasteiger partial charge in [0.05, 0.1) is 11.6 Å². The van der Waals surface area contributed by atoms with Crippen molar-refractivity contribution in [2.24, 2.45) is 18.4 Å². The average Bonchev–Trinajstić information content (AvgIpc) is 3.24. The zero-order chi connectivity index (χ0) is 22.9. The lowest BCUT2D eigenvalue weighted by atomic mass is 9.74. The van der Waals surface area contributed by atoms with Crippen LogP contribution in [0.25, 0.3) is 0 Å². The number of fused-ring (bicyclic) bond motifs is 1. The second kappa shape index (κ2) is 8.94. The van der Waals surface area contributed by atoms with E-state index in [2.05, 4.69) is 15.3 Å². The van der Waals surface area contributed by atoms with Gasteiger partial charge in [-0.05, 0) is 37.5 Å². The van der Waals surface area contributed by atoms with Crippen LogP contribution in [0.1, 0.15) is 24.0 Å². The molecule has 0 saturated carbocycles. The van der Waals surface area contributed by atoms with E-state index >= 15 is 0 Å². The number of carbonyl (C=O) groups is 2. The van der Waals surface area contributed by atoms with Crippen LogP contribution < -0.4 is 5.32 Å². The Morgan fingerprint density at radius 2 is 2.09 bits per heavy atom. The number of aryl methyl sites for hydroxylation is 2. The van der Waals surface area contributed by atoms with Crippen LogP contribution in [-0.2, 0) is 18.4 Å². The number of hydrogen-bond acceptors (Lipinski definition) is 4. The molecule has 8 nitrogen and oxygen atoms in total. The summed E-state index contributed by atoms with van der Waals surface area (Å²) in [6, 6.07) is 7.75. The predicted octanol–water partition coefficient (Wildman–Crippen LogP) is 2.56. The van der Waals surface area contributed by atoms with Crippen molar-refractivity contribution in [1.29, 1.82) is 0 Å². The topological polar surface area (TPSA) is 73.7 Å². The number of urea groups is 1. The van der Waals surface area contributed by atoms with E-state index in [0.717, 1.165) is 49.3 Å². The van der Waals surface area contributed by atoms with Gasteiger partial charge in [-0.1, -0.05) is 12.1 Å². The number of likely N-dealkylation sites (tertiary alicyclic amines) is 2. The van der Waals surface area contributed by atoms with Crippen LogP contribution in [0.3, 0.4) is 0 Å². The highest BCUT2D eigenvalue weighted by Gasteiger charge is 2.53. The molecule has 1 aromatic heterocycles. The third-order valence-corrected chi connectivity index (χ3v) is 6.81. The molecule has 0 unspecified atom stereocenters. The molecular weight excluding hydrogens is 404 g/mol.